The molecule has 0 spiro atoms. The molecule has 0 saturated heterocycles. The zero-order valence-corrected chi connectivity index (χ0v) is 13.7. The minimum Gasteiger partial charge on any atom is -0.493 e. The Balaban J connectivity index is 2.38. The van der Waals surface area contributed by atoms with E-state index < -0.39 is 0 Å². The molecule has 2 rings (SSSR count). The fraction of sp³-hybridized carbons (Fsp3) is 0.353. The van der Waals surface area contributed by atoms with E-state index in [0.29, 0.717) is 29.4 Å². The molecule has 1 atom stereocenters. The van der Waals surface area contributed by atoms with Gasteiger partial charge in [-0.25, -0.2) is 4.79 Å². The van der Waals surface area contributed by atoms with Gasteiger partial charge in [-0.2, -0.15) is 0 Å². The molecule has 1 aliphatic heterocycles. The highest BCUT2D eigenvalue weighted by atomic mass is 16.5. The first-order valence-electron chi connectivity index (χ1n) is 7.26. The van der Waals surface area contributed by atoms with Gasteiger partial charge in [-0.15, -0.1) is 0 Å². The van der Waals surface area contributed by atoms with Crippen LogP contribution in [0.5, 0.6) is 17.2 Å². The van der Waals surface area contributed by atoms with Crippen molar-refractivity contribution in [2.45, 2.75) is 13.0 Å². The number of nitrogens with one attached hydrogen (secondary N) is 1. The van der Waals surface area contributed by atoms with Crippen molar-refractivity contribution in [3.05, 3.63) is 41.6 Å². The number of hydrogen-bond donors (Lipinski definition) is 1. The Morgan fingerprint density at radius 1 is 1.13 bits per heavy atom. The van der Waals surface area contributed by atoms with Crippen molar-refractivity contribution in [3.63, 3.8) is 0 Å². The number of benzene rings is 1. The molecule has 1 N–H and O–H groups in total. The van der Waals surface area contributed by atoms with Gasteiger partial charge in [-0.1, -0.05) is 0 Å². The molecule has 0 saturated carbocycles. The quantitative estimate of drug-likeness (QED) is 0.812. The molecule has 0 amide bonds. The maximum absolute atomic E-state index is 11.9. The summed E-state index contributed by atoms with van der Waals surface area (Å²) in [4.78, 5) is 11.9. The molecule has 1 aromatic carbocycles. The lowest BCUT2D eigenvalue weighted by molar-refractivity contribution is -0.138. The molecule has 23 heavy (non-hydrogen) atoms. The van der Waals surface area contributed by atoms with Gasteiger partial charge in [0, 0.05) is 0 Å². The van der Waals surface area contributed by atoms with E-state index in [-0.39, 0.29) is 12.0 Å². The molecule has 6 heteroatoms. The summed E-state index contributed by atoms with van der Waals surface area (Å²) >= 11 is 0. The van der Waals surface area contributed by atoms with Gasteiger partial charge >= 0.3 is 5.97 Å². The highest BCUT2D eigenvalue weighted by Gasteiger charge is 2.20. The number of esters is 1. The van der Waals surface area contributed by atoms with Gasteiger partial charge in [-0.05, 0) is 43.0 Å². The van der Waals surface area contributed by atoms with Crippen LogP contribution in [0.4, 0.5) is 0 Å². The molecule has 0 radical (unpaired) electrons. The monoisotopic (exact) mass is 319 g/mol. The van der Waals surface area contributed by atoms with Gasteiger partial charge in [0.15, 0.2) is 11.5 Å². The van der Waals surface area contributed by atoms with Crippen molar-refractivity contribution in [1.29, 1.82) is 0 Å². The predicted octanol–water partition coefficient (Wildman–Crippen LogP) is 2.36. The molecule has 124 valence electrons. The Bertz CT molecular complexity index is 611. The van der Waals surface area contributed by atoms with Crippen LogP contribution in [0.25, 0.3) is 0 Å². The molecule has 6 nitrogen and oxygen atoms in total. The summed E-state index contributed by atoms with van der Waals surface area (Å²) in [6.45, 7) is 2.12. The average Bonchev–Trinajstić information content (AvgIpc) is 2.60. The smallest absolute Gasteiger partial charge is 0.337 e. The summed E-state index contributed by atoms with van der Waals surface area (Å²) in [5.74, 6) is 1.30. The summed E-state index contributed by atoms with van der Waals surface area (Å²) in [7, 11) is 4.69. The van der Waals surface area contributed by atoms with Crippen molar-refractivity contribution in [1.82, 2.24) is 5.32 Å². The summed E-state index contributed by atoms with van der Waals surface area (Å²) in [5.41, 5.74) is 1.38. The zero-order valence-electron chi connectivity index (χ0n) is 13.7. The molecular weight excluding hydrogens is 298 g/mol. The van der Waals surface area contributed by atoms with Crippen LogP contribution < -0.4 is 19.5 Å². The first-order chi connectivity index (χ1) is 11.1. The molecule has 0 aromatic heterocycles. The maximum Gasteiger partial charge on any atom is 0.337 e. The largest absolute Gasteiger partial charge is 0.493 e. The molecule has 1 unspecified atom stereocenters. The number of carbonyl (C=O) groups is 1. The SMILES string of the molecule is CCOC(=O)C1=CC(c2cc(OC)c(OC)c(OC)c2)NC=C1. The van der Waals surface area contributed by atoms with Crippen LogP contribution in [-0.2, 0) is 9.53 Å². The van der Waals surface area contributed by atoms with Crippen LogP contribution in [0.1, 0.15) is 18.5 Å². The van der Waals surface area contributed by atoms with E-state index >= 15 is 0 Å². The minimum atomic E-state index is -0.345. The number of carbonyl (C=O) groups excluding carboxylic acids is 1. The van der Waals surface area contributed by atoms with Crippen LogP contribution in [0, 0.1) is 0 Å². The zero-order chi connectivity index (χ0) is 16.8. The van der Waals surface area contributed by atoms with Crippen LogP contribution in [0.3, 0.4) is 0 Å². The van der Waals surface area contributed by atoms with Crippen molar-refractivity contribution < 1.29 is 23.7 Å². The Morgan fingerprint density at radius 2 is 1.78 bits per heavy atom. The molecule has 0 aliphatic carbocycles. The van der Waals surface area contributed by atoms with Crippen molar-refractivity contribution >= 4 is 5.97 Å². The van der Waals surface area contributed by atoms with Crippen molar-refractivity contribution in [3.8, 4) is 17.2 Å². The fourth-order valence-corrected chi connectivity index (χ4v) is 2.35. The molecular formula is C17H21NO5. The van der Waals surface area contributed by atoms with Crippen molar-refractivity contribution in [2.24, 2.45) is 0 Å². The second-order valence-electron chi connectivity index (χ2n) is 4.78. The van der Waals surface area contributed by atoms with E-state index in [9.17, 15) is 4.79 Å². The Morgan fingerprint density at radius 3 is 2.30 bits per heavy atom. The normalized spacial score (nSPS) is 16.2. The second-order valence-corrected chi connectivity index (χ2v) is 4.78. The lowest BCUT2D eigenvalue weighted by Gasteiger charge is -2.21. The number of ether oxygens (including phenoxy) is 4. The summed E-state index contributed by atoms with van der Waals surface area (Å²) in [5, 5.41) is 3.19. The van der Waals surface area contributed by atoms with Crippen LogP contribution in [-0.4, -0.2) is 33.9 Å². The van der Waals surface area contributed by atoms with Gasteiger partial charge in [0.05, 0.1) is 39.6 Å². The van der Waals surface area contributed by atoms with Gasteiger partial charge in [0.2, 0.25) is 5.75 Å². The molecule has 0 bridgehead atoms. The molecule has 1 aliphatic rings. The number of hydrogen-bond acceptors (Lipinski definition) is 6. The second kappa shape index (κ2) is 7.58. The van der Waals surface area contributed by atoms with Gasteiger partial charge in [0.25, 0.3) is 0 Å². The summed E-state index contributed by atoms with van der Waals surface area (Å²) in [6, 6.07) is 3.49. The lowest BCUT2D eigenvalue weighted by Crippen LogP contribution is -2.20. The highest BCUT2D eigenvalue weighted by Crippen LogP contribution is 2.40. The third-order valence-corrected chi connectivity index (χ3v) is 3.44. The lowest BCUT2D eigenvalue weighted by atomic mass is 10.0. The van der Waals surface area contributed by atoms with E-state index in [1.165, 1.54) is 0 Å². The van der Waals surface area contributed by atoms with Crippen molar-refractivity contribution in [2.75, 3.05) is 27.9 Å². The van der Waals surface area contributed by atoms with E-state index in [1.807, 2.05) is 12.1 Å². The van der Waals surface area contributed by atoms with E-state index in [1.54, 1.807) is 46.6 Å². The van der Waals surface area contributed by atoms with Crippen LogP contribution >= 0.6 is 0 Å². The number of rotatable bonds is 6. The van der Waals surface area contributed by atoms with Gasteiger partial charge in [-0.3, -0.25) is 0 Å². The Kier molecular flexibility index (Phi) is 5.51. The summed E-state index contributed by atoms with van der Waals surface area (Å²) < 4.78 is 21.1. The molecule has 0 fully saturated rings. The fourth-order valence-electron chi connectivity index (χ4n) is 2.35. The topological polar surface area (TPSA) is 66.0 Å². The van der Waals surface area contributed by atoms with Crippen LogP contribution in [0.15, 0.2) is 36.1 Å². The first-order valence-corrected chi connectivity index (χ1v) is 7.26. The maximum atomic E-state index is 11.9. The number of dihydropyridines is 1. The van der Waals surface area contributed by atoms with Gasteiger partial charge < -0.3 is 24.3 Å². The average molecular weight is 319 g/mol. The third kappa shape index (κ3) is 3.59. The predicted molar refractivity (Wildman–Crippen MR) is 85.8 cm³/mol. The van der Waals surface area contributed by atoms with E-state index in [4.69, 9.17) is 18.9 Å². The van der Waals surface area contributed by atoms with E-state index in [2.05, 4.69) is 5.32 Å². The standard InChI is InChI=1S/C17H21NO5/c1-5-23-17(19)11-6-7-18-13(8-11)12-9-14(20-2)16(22-4)15(10-12)21-3/h6-10,13,18H,5H2,1-4H3. The third-order valence-electron chi connectivity index (χ3n) is 3.44. The first kappa shape index (κ1) is 16.7. The van der Waals surface area contributed by atoms with Gasteiger partial charge in [0.1, 0.15) is 0 Å². The minimum absolute atomic E-state index is 0.201. The van der Waals surface area contributed by atoms with E-state index in [0.717, 1.165) is 5.56 Å². The van der Waals surface area contributed by atoms with Crippen LogP contribution in [0.2, 0.25) is 0 Å². The molecule has 1 aromatic rings. The molecule has 1 heterocycles. The Labute approximate surface area is 135 Å². The summed E-state index contributed by atoms with van der Waals surface area (Å²) in [6.07, 6.45) is 5.21. The number of methoxy groups -OCH3 is 3. The highest BCUT2D eigenvalue weighted by molar-refractivity contribution is 5.92. The Hall–Kier alpha value is -2.63.